The third kappa shape index (κ3) is 5.10. The number of sulfonamides is 1. The lowest BCUT2D eigenvalue weighted by Crippen LogP contribution is -2.43. The first kappa shape index (κ1) is 23.7. The van der Waals surface area contributed by atoms with Gasteiger partial charge in [0.1, 0.15) is 16.5 Å². The van der Waals surface area contributed by atoms with Crippen LogP contribution in [0.1, 0.15) is 30.9 Å². The van der Waals surface area contributed by atoms with Crippen molar-refractivity contribution in [2.75, 3.05) is 25.5 Å². The molecule has 0 spiro atoms. The summed E-state index contributed by atoms with van der Waals surface area (Å²) in [6.07, 6.45) is 1.87. The summed E-state index contributed by atoms with van der Waals surface area (Å²) in [6.45, 7) is 4.24. The monoisotopic (exact) mass is 512 g/mol. The van der Waals surface area contributed by atoms with Crippen LogP contribution in [0.5, 0.6) is 5.75 Å². The van der Waals surface area contributed by atoms with Crippen molar-refractivity contribution >= 4 is 37.5 Å². The Hall–Kier alpha value is -1.97. The van der Waals surface area contributed by atoms with Gasteiger partial charge in [0, 0.05) is 23.2 Å². The molecule has 1 amide bonds. The summed E-state index contributed by atoms with van der Waals surface area (Å²) in [4.78, 5) is 12.8. The molecule has 0 saturated carbocycles. The molecular formula is C22H26BrFN2O4S. The van der Waals surface area contributed by atoms with Crippen LogP contribution in [0.2, 0.25) is 0 Å². The Morgan fingerprint density at radius 3 is 2.74 bits per heavy atom. The van der Waals surface area contributed by atoms with Crippen LogP contribution in [-0.2, 0) is 21.2 Å². The van der Waals surface area contributed by atoms with Crippen LogP contribution in [0, 0.1) is 18.7 Å². The van der Waals surface area contributed by atoms with Crippen LogP contribution in [0.15, 0.2) is 39.7 Å². The molecule has 2 aromatic carbocycles. The van der Waals surface area contributed by atoms with Crippen molar-refractivity contribution in [2.45, 2.75) is 38.0 Å². The third-order valence-corrected chi connectivity index (χ3v) is 7.85. The maximum absolute atomic E-state index is 13.8. The number of amides is 1. The second-order valence-corrected chi connectivity index (χ2v) is 10.4. The average molecular weight is 513 g/mol. The van der Waals surface area contributed by atoms with Crippen molar-refractivity contribution in [3.63, 3.8) is 0 Å². The lowest BCUT2D eigenvalue weighted by Gasteiger charge is -2.31. The number of ether oxygens (including phenoxy) is 1. The van der Waals surface area contributed by atoms with Gasteiger partial charge in [-0.05, 0) is 67.6 Å². The topological polar surface area (TPSA) is 75.7 Å². The lowest BCUT2D eigenvalue weighted by molar-refractivity contribution is -0.120. The Bertz CT molecular complexity index is 1090. The van der Waals surface area contributed by atoms with Gasteiger partial charge in [0.2, 0.25) is 15.9 Å². The van der Waals surface area contributed by atoms with Gasteiger partial charge in [0.05, 0.1) is 13.0 Å². The standard InChI is InChI=1S/C22H26BrFN2O4S/c1-4-15-11-17(23)10-14(2)21(15)25-22(27)16-6-5-9-26(13-16)31(28,29)20-12-18(24)7-8-19(20)30-3/h7-8,10-12,16H,4-6,9,13H2,1-3H3,(H,25,27)/t16-/m1/s1. The molecule has 1 heterocycles. The molecule has 1 N–H and O–H groups in total. The Morgan fingerprint density at radius 1 is 1.32 bits per heavy atom. The fourth-order valence-electron chi connectivity index (χ4n) is 3.86. The average Bonchev–Trinajstić information content (AvgIpc) is 2.75. The molecule has 3 rings (SSSR count). The smallest absolute Gasteiger partial charge is 0.246 e. The van der Waals surface area contributed by atoms with E-state index in [-0.39, 0.29) is 29.6 Å². The van der Waals surface area contributed by atoms with E-state index in [2.05, 4.69) is 21.2 Å². The third-order valence-electron chi connectivity index (χ3n) is 5.51. The summed E-state index contributed by atoms with van der Waals surface area (Å²) in [6, 6.07) is 7.30. The molecule has 168 valence electrons. The number of nitrogens with zero attached hydrogens (tertiary/aromatic N) is 1. The van der Waals surface area contributed by atoms with Crippen molar-refractivity contribution in [1.29, 1.82) is 0 Å². The van der Waals surface area contributed by atoms with E-state index >= 15 is 0 Å². The second-order valence-electron chi connectivity index (χ2n) is 7.60. The minimum atomic E-state index is -4.01. The van der Waals surface area contributed by atoms with Crippen LogP contribution < -0.4 is 10.1 Å². The first-order valence-corrected chi connectivity index (χ1v) is 12.3. The molecule has 0 aliphatic carbocycles. The number of piperidine rings is 1. The molecule has 31 heavy (non-hydrogen) atoms. The largest absolute Gasteiger partial charge is 0.495 e. The van der Waals surface area contributed by atoms with Gasteiger partial charge < -0.3 is 10.1 Å². The first-order chi connectivity index (χ1) is 14.7. The Balaban J connectivity index is 1.83. The zero-order chi connectivity index (χ0) is 22.8. The zero-order valence-electron chi connectivity index (χ0n) is 17.7. The number of rotatable bonds is 6. The van der Waals surface area contributed by atoms with Gasteiger partial charge in [-0.2, -0.15) is 4.31 Å². The van der Waals surface area contributed by atoms with Crippen molar-refractivity contribution < 1.29 is 22.3 Å². The number of hydrogen-bond donors (Lipinski definition) is 1. The molecule has 6 nitrogen and oxygen atoms in total. The van der Waals surface area contributed by atoms with E-state index < -0.39 is 21.8 Å². The fraction of sp³-hybridized carbons (Fsp3) is 0.409. The van der Waals surface area contributed by atoms with Crippen LogP contribution in [0.3, 0.4) is 0 Å². The SMILES string of the molecule is CCc1cc(Br)cc(C)c1NC(=O)[C@@H]1CCCN(S(=O)(=O)c2cc(F)ccc2OC)C1. The number of halogens is 2. The number of carbonyl (C=O) groups excluding carboxylic acids is 1. The molecule has 1 aliphatic rings. The van der Waals surface area contributed by atoms with E-state index in [4.69, 9.17) is 4.74 Å². The Morgan fingerprint density at radius 2 is 2.06 bits per heavy atom. The normalized spacial score (nSPS) is 17.4. The highest BCUT2D eigenvalue weighted by atomic mass is 79.9. The van der Waals surface area contributed by atoms with Crippen molar-refractivity contribution in [1.82, 2.24) is 4.31 Å². The van der Waals surface area contributed by atoms with E-state index in [9.17, 15) is 17.6 Å². The maximum atomic E-state index is 13.8. The van der Waals surface area contributed by atoms with Crippen LogP contribution in [-0.4, -0.2) is 38.8 Å². The molecule has 2 aromatic rings. The van der Waals surface area contributed by atoms with Gasteiger partial charge in [0.25, 0.3) is 0 Å². The number of nitrogens with one attached hydrogen (secondary N) is 1. The number of hydrogen-bond acceptors (Lipinski definition) is 4. The molecule has 0 aromatic heterocycles. The summed E-state index contributed by atoms with van der Waals surface area (Å²) in [5.74, 6) is -1.31. The van der Waals surface area contributed by atoms with E-state index in [0.29, 0.717) is 12.8 Å². The highest BCUT2D eigenvalue weighted by Crippen LogP contribution is 2.32. The van der Waals surface area contributed by atoms with Crippen LogP contribution in [0.25, 0.3) is 0 Å². The van der Waals surface area contributed by atoms with Crippen molar-refractivity contribution in [3.05, 3.63) is 51.7 Å². The number of carbonyl (C=O) groups is 1. The summed E-state index contributed by atoms with van der Waals surface area (Å²) in [5.41, 5.74) is 2.71. The molecule has 1 saturated heterocycles. The quantitative estimate of drug-likeness (QED) is 0.617. The van der Waals surface area contributed by atoms with Gasteiger partial charge in [0.15, 0.2) is 0 Å². The molecule has 1 fully saturated rings. The highest BCUT2D eigenvalue weighted by Gasteiger charge is 2.35. The second kappa shape index (κ2) is 9.67. The molecular weight excluding hydrogens is 487 g/mol. The molecule has 0 unspecified atom stereocenters. The molecule has 0 bridgehead atoms. The lowest BCUT2D eigenvalue weighted by atomic mass is 9.98. The van der Waals surface area contributed by atoms with Gasteiger partial charge in [-0.25, -0.2) is 12.8 Å². The fourth-order valence-corrected chi connectivity index (χ4v) is 6.17. The van der Waals surface area contributed by atoms with E-state index in [1.54, 1.807) is 0 Å². The summed E-state index contributed by atoms with van der Waals surface area (Å²) >= 11 is 3.48. The van der Waals surface area contributed by atoms with Gasteiger partial charge in [-0.15, -0.1) is 0 Å². The van der Waals surface area contributed by atoms with Crippen molar-refractivity contribution in [3.8, 4) is 5.75 Å². The number of methoxy groups -OCH3 is 1. The number of benzene rings is 2. The molecule has 1 aliphatic heterocycles. The van der Waals surface area contributed by atoms with Crippen LogP contribution >= 0.6 is 15.9 Å². The Labute approximate surface area is 191 Å². The summed E-state index contributed by atoms with van der Waals surface area (Å²) in [5, 5.41) is 3.00. The number of aryl methyl sites for hydroxylation is 2. The number of anilines is 1. The Kier molecular flexibility index (Phi) is 7.39. The molecule has 1 atom stereocenters. The van der Waals surface area contributed by atoms with Gasteiger partial charge in [-0.3, -0.25) is 4.79 Å². The van der Waals surface area contributed by atoms with Gasteiger partial charge in [-0.1, -0.05) is 22.9 Å². The van der Waals surface area contributed by atoms with E-state index in [0.717, 1.165) is 39.8 Å². The predicted octanol–water partition coefficient (Wildman–Crippen LogP) is 4.51. The summed E-state index contributed by atoms with van der Waals surface area (Å²) < 4.78 is 47.4. The molecule has 9 heteroatoms. The minimum absolute atomic E-state index is 0.0326. The van der Waals surface area contributed by atoms with E-state index in [1.807, 2.05) is 26.0 Å². The highest BCUT2D eigenvalue weighted by molar-refractivity contribution is 9.10. The minimum Gasteiger partial charge on any atom is -0.495 e. The van der Waals surface area contributed by atoms with Crippen molar-refractivity contribution in [2.24, 2.45) is 5.92 Å². The maximum Gasteiger partial charge on any atom is 0.246 e. The van der Waals surface area contributed by atoms with Gasteiger partial charge >= 0.3 is 0 Å². The van der Waals surface area contributed by atoms with Crippen LogP contribution in [0.4, 0.5) is 10.1 Å². The first-order valence-electron chi connectivity index (χ1n) is 10.1. The predicted molar refractivity (Wildman–Crippen MR) is 121 cm³/mol. The zero-order valence-corrected chi connectivity index (χ0v) is 20.1. The summed E-state index contributed by atoms with van der Waals surface area (Å²) in [7, 11) is -2.67. The molecule has 0 radical (unpaired) electrons. The van der Waals surface area contributed by atoms with E-state index in [1.165, 1.54) is 17.5 Å².